The van der Waals surface area contributed by atoms with Crippen LogP contribution in [0.3, 0.4) is 0 Å². The number of fused-ring (bicyclic) bond motifs is 1. The van der Waals surface area contributed by atoms with Crippen LogP contribution in [-0.2, 0) is 11.2 Å². The predicted octanol–water partition coefficient (Wildman–Crippen LogP) is 4.61. The molecule has 7 heteroatoms. The number of hydrogen-bond donors (Lipinski definition) is 2. The van der Waals surface area contributed by atoms with Gasteiger partial charge in [0, 0.05) is 34.7 Å². The fraction of sp³-hybridized carbons (Fsp3) is 0.346. The van der Waals surface area contributed by atoms with Crippen molar-refractivity contribution >= 4 is 28.6 Å². The van der Waals surface area contributed by atoms with E-state index in [1.165, 1.54) is 24.3 Å². The summed E-state index contributed by atoms with van der Waals surface area (Å²) in [5.74, 6) is -2.28. The summed E-state index contributed by atoms with van der Waals surface area (Å²) < 4.78 is 13.2. The minimum Gasteiger partial charge on any atom is -0.475 e. The van der Waals surface area contributed by atoms with Gasteiger partial charge in [-0.05, 0) is 74.4 Å². The zero-order valence-electron chi connectivity index (χ0n) is 18.9. The zero-order valence-corrected chi connectivity index (χ0v) is 18.9. The van der Waals surface area contributed by atoms with Gasteiger partial charge in [0.25, 0.3) is 11.7 Å². The van der Waals surface area contributed by atoms with E-state index in [0.29, 0.717) is 34.6 Å². The first kappa shape index (κ1) is 22.7. The Hall–Kier alpha value is -3.48. The highest BCUT2D eigenvalue weighted by Gasteiger charge is 2.35. The quantitative estimate of drug-likeness (QED) is 0.439. The number of H-pyrrole nitrogens is 1. The van der Waals surface area contributed by atoms with E-state index in [-0.39, 0.29) is 29.2 Å². The number of piperidine rings is 1. The Morgan fingerprint density at radius 3 is 2.48 bits per heavy atom. The van der Waals surface area contributed by atoms with E-state index >= 15 is 0 Å². The maximum atomic E-state index is 13.6. The molecule has 1 aliphatic rings. The summed E-state index contributed by atoms with van der Waals surface area (Å²) in [7, 11) is 0. The number of benzene rings is 2. The summed E-state index contributed by atoms with van der Waals surface area (Å²) in [6.45, 7) is 6.56. The van der Waals surface area contributed by atoms with Gasteiger partial charge in [0.05, 0.1) is 5.56 Å². The molecular weight excluding hydrogens is 423 g/mol. The molecule has 3 atom stereocenters. The molecule has 0 saturated carbocycles. The van der Waals surface area contributed by atoms with E-state index < -0.39 is 11.8 Å². The molecule has 3 aromatic rings. The molecule has 0 aliphatic carbocycles. The summed E-state index contributed by atoms with van der Waals surface area (Å²) in [5.41, 5.74) is 2.97. The number of carboxylic acid groups (broad SMARTS) is 1. The zero-order chi connectivity index (χ0) is 23.9. The lowest BCUT2D eigenvalue weighted by Gasteiger charge is -2.42. The summed E-state index contributed by atoms with van der Waals surface area (Å²) in [5, 5.41) is 9.61. The van der Waals surface area contributed by atoms with E-state index in [0.717, 1.165) is 18.4 Å². The Morgan fingerprint density at radius 2 is 1.82 bits per heavy atom. The Morgan fingerprint density at radius 1 is 1.12 bits per heavy atom. The molecule has 2 aromatic carbocycles. The van der Waals surface area contributed by atoms with Crippen LogP contribution < -0.4 is 0 Å². The second kappa shape index (κ2) is 8.81. The molecule has 1 amide bonds. The molecular formula is C26H27FN2O4. The van der Waals surface area contributed by atoms with Crippen molar-refractivity contribution in [1.29, 1.82) is 0 Å². The number of amides is 1. The summed E-state index contributed by atoms with van der Waals surface area (Å²) in [6.07, 6.45) is 1.66. The van der Waals surface area contributed by atoms with Crippen molar-refractivity contribution in [3.63, 3.8) is 0 Å². The lowest BCUT2D eigenvalue weighted by Crippen LogP contribution is -2.48. The first-order chi connectivity index (χ1) is 15.7. The fourth-order valence-corrected chi connectivity index (χ4v) is 4.94. The number of aryl methyl sites for hydroxylation is 1. The van der Waals surface area contributed by atoms with Crippen molar-refractivity contribution in [1.82, 2.24) is 9.88 Å². The number of nitrogens with zero attached hydrogens (tertiary/aromatic N) is 1. The number of Topliss-reactive ketones (excluding diaryl/α,β-unsaturated/α-hetero) is 1. The molecule has 0 bridgehead atoms. The number of hydrogen-bond acceptors (Lipinski definition) is 3. The molecule has 1 saturated heterocycles. The number of aliphatic carboxylic acids is 1. The van der Waals surface area contributed by atoms with Crippen LogP contribution in [-0.4, -0.2) is 45.2 Å². The number of aromatic amines is 1. The molecule has 0 radical (unpaired) electrons. The van der Waals surface area contributed by atoms with E-state index in [1.807, 2.05) is 24.0 Å². The van der Waals surface area contributed by atoms with Gasteiger partial charge in [-0.3, -0.25) is 9.59 Å². The van der Waals surface area contributed by atoms with Gasteiger partial charge in [-0.1, -0.05) is 19.1 Å². The maximum Gasteiger partial charge on any atom is 0.377 e. The Kier molecular flexibility index (Phi) is 6.06. The monoisotopic (exact) mass is 450 g/mol. The number of rotatable bonds is 5. The average molecular weight is 451 g/mol. The highest BCUT2D eigenvalue weighted by Crippen LogP contribution is 2.33. The minimum atomic E-state index is -1.53. The van der Waals surface area contributed by atoms with E-state index in [2.05, 4.69) is 11.9 Å². The third-order valence-corrected chi connectivity index (χ3v) is 6.79. The first-order valence-corrected chi connectivity index (χ1v) is 11.1. The lowest BCUT2D eigenvalue weighted by atomic mass is 9.79. The largest absolute Gasteiger partial charge is 0.475 e. The minimum absolute atomic E-state index is 0.00679. The molecule has 6 nitrogen and oxygen atoms in total. The number of aromatic nitrogens is 1. The SMILES string of the molecule is Cc1[nH]c2ccc(C(=O)C(=O)O)cc2c1C(=O)N1CC(C)C(Cc2ccc(F)cc2)CC1C. The average Bonchev–Trinajstić information content (AvgIpc) is 3.11. The van der Waals surface area contributed by atoms with Crippen LogP contribution >= 0.6 is 0 Å². The van der Waals surface area contributed by atoms with Crippen LogP contribution in [0.5, 0.6) is 0 Å². The Labute approximate surface area is 191 Å². The number of likely N-dealkylation sites (tertiary alicyclic amines) is 1. The van der Waals surface area contributed by atoms with Crippen molar-refractivity contribution in [2.75, 3.05) is 6.54 Å². The van der Waals surface area contributed by atoms with Crippen molar-refractivity contribution in [3.8, 4) is 0 Å². The molecule has 172 valence electrons. The number of halogens is 1. The summed E-state index contributed by atoms with van der Waals surface area (Å²) in [6, 6.07) is 11.2. The predicted molar refractivity (Wildman–Crippen MR) is 123 cm³/mol. The number of nitrogens with one attached hydrogen (secondary N) is 1. The van der Waals surface area contributed by atoms with Crippen LogP contribution in [0.1, 0.15) is 52.2 Å². The van der Waals surface area contributed by atoms with Crippen LogP contribution in [0.25, 0.3) is 10.9 Å². The van der Waals surface area contributed by atoms with Gasteiger partial charge in [-0.15, -0.1) is 0 Å². The first-order valence-electron chi connectivity index (χ1n) is 11.1. The summed E-state index contributed by atoms with van der Waals surface area (Å²) in [4.78, 5) is 41.7. The smallest absolute Gasteiger partial charge is 0.377 e. The molecule has 1 fully saturated rings. The third-order valence-electron chi connectivity index (χ3n) is 6.79. The van der Waals surface area contributed by atoms with Crippen LogP contribution in [0.2, 0.25) is 0 Å². The van der Waals surface area contributed by atoms with Crippen molar-refractivity contribution in [3.05, 3.63) is 70.7 Å². The molecule has 2 heterocycles. The van der Waals surface area contributed by atoms with E-state index in [1.54, 1.807) is 13.0 Å². The van der Waals surface area contributed by atoms with Crippen LogP contribution in [0, 0.1) is 24.6 Å². The van der Waals surface area contributed by atoms with Crippen LogP contribution in [0.15, 0.2) is 42.5 Å². The maximum absolute atomic E-state index is 13.6. The molecule has 3 unspecified atom stereocenters. The van der Waals surface area contributed by atoms with Crippen molar-refractivity contribution in [2.24, 2.45) is 11.8 Å². The standard InChI is InChI=1S/C26H27FN2O4/c1-14-13-29(15(2)10-19(14)11-17-4-7-20(27)8-5-17)25(31)23-16(3)28-22-9-6-18(12-21(22)23)24(30)26(32)33/h4-9,12,14-15,19,28H,10-11,13H2,1-3H3,(H,32,33). The van der Waals surface area contributed by atoms with Gasteiger partial charge in [0.15, 0.2) is 0 Å². The second-order valence-electron chi connectivity index (χ2n) is 9.13. The molecule has 1 aliphatic heterocycles. The fourth-order valence-electron chi connectivity index (χ4n) is 4.94. The third kappa shape index (κ3) is 4.40. The van der Waals surface area contributed by atoms with E-state index in [4.69, 9.17) is 5.11 Å². The lowest BCUT2D eigenvalue weighted by molar-refractivity contribution is -0.131. The number of carboxylic acids is 1. The molecule has 33 heavy (non-hydrogen) atoms. The Bertz CT molecular complexity index is 1230. The summed E-state index contributed by atoms with van der Waals surface area (Å²) >= 11 is 0. The molecule has 2 N–H and O–H groups in total. The van der Waals surface area contributed by atoms with Gasteiger partial charge in [-0.2, -0.15) is 0 Å². The van der Waals surface area contributed by atoms with Gasteiger partial charge >= 0.3 is 5.97 Å². The highest BCUT2D eigenvalue weighted by atomic mass is 19.1. The van der Waals surface area contributed by atoms with Gasteiger partial charge < -0.3 is 15.0 Å². The number of carbonyl (C=O) groups is 3. The molecule has 1 aromatic heterocycles. The van der Waals surface area contributed by atoms with Crippen LogP contribution in [0.4, 0.5) is 4.39 Å². The van der Waals surface area contributed by atoms with Gasteiger partial charge in [0.1, 0.15) is 5.82 Å². The number of carbonyl (C=O) groups excluding carboxylic acids is 2. The van der Waals surface area contributed by atoms with Crippen molar-refractivity contribution in [2.45, 2.75) is 39.7 Å². The second-order valence-corrected chi connectivity index (χ2v) is 9.13. The Balaban J connectivity index is 1.58. The highest BCUT2D eigenvalue weighted by molar-refractivity contribution is 6.40. The van der Waals surface area contributed by atoms with Gasteiger partial charge in [-0.25, -0.2) is 9.18 Å². The topological polar surface area (TPSA) is 90.5 Å². The normalized spacial score (nSPS) is 20.7. The van der Waals surface area contributed by atoms with Gasteiger partial charge in [0.2, 0.25) is 0 Å². The van der Waals surface area contributed by atoms with Crippen molar-refractivity contribution < 1.29 is 23.9 Å². The molecule has 0 spiro atoms. The van der Waals surface area contributed by atoms with E-state index in [9.17, 15) is 18.8 Å². The molecule has 4 rings (SSSR count). The number of ketones is 1.